The van der Waals surface area contributed by atoms with Gasteiger partial charge in [-0.3, -0.25) is 0 Å². The zero-order valence-electron chi connectivity index (χ0n) is 18.6. The van der Waals surface area contributed by atoms with E-state index in [4.69, 9.17) is 9.47 Å². The van der Waals surface area contributed by atoms with Gasteiger partial charge in [-0.05, 0) is 59.0 Å². The molecule has 9 heteroatoms. The van der Waals surface area contributed by atoms with Gasteiger partial charge in [0.1, 0.15) is 18.6 Å². The van der Waals surface area contributed by atoms with Crippen molar-refractivity contribution in [3.05, 3.63) is 51.1 Å². The number of esters is 2. The van der Waals surface area contributed by atoms with Crippen molar-refractivity contribution in [1.82, 2.24) is 0 Å². The molecule has 0 radical (unpaired) electrons. The molecule has 0 bridgehead atoms. The third-order valence-electron chi connectivity index (χ3n) is 4.63. The Balaban J connectivity index is 0.000000327. The van der Waals surface area contributed by atoms with Gasteiger partial charge in [0.2, 0.25) is 0 Å². The van der Waals surface area contributed by atoms with Gasteiger partial charge in [-0.15, -0.1) is 0 Å². The SMILES string of the molecule is CCP(=O)(CC)c1cc(C(=O)OC)ccc1OC.COC(=O)c1ccc(OC)c(I)c1. The minimum Gasteiger partial charge on any atom is -0.496 e. The summed E-state index contributed by atoms with van der Waals surface area (Å²) in [5, 5.41) is 0.623. The quantitative estimate of drug-likeness (QED) is 0.277. The van der Waals surface area contributed by atoms with Crippen molar-refractivity contribution < 1.29 is 33.1 Å². The van der Waals surface area contributed by atoms with E-state index in [9.17, 15) is 14.2 Å². The molecular weight excluding hydrogens is 534 g/mol. The summed E-state index contributed by atoms with van der Waals surface area (Å²) in [6.07, 6.45) is 1.09. The molecule has 0 aliphatic heterocycles. The van der Waals surface area contributed by atoms with Crippen LogP contribution < -0.4 is 14.8 Å². The summed E-state index contributed by atoms with van der Waals surface area (Å²) in [4.78, 5) is 22.6. The lowest BCUT2D eigenvalue weighted by Crippen LogP contribution is -2.15. The molecule has 0 saturated heterocycles. The Morgan fingerprint density at radius 2 is 1.26 bits per heavy atom. The second-order valence-electron chi connectivity index (χ2n) is 6.24. The molecule has 0 aliphatic carbocycles. The summed E-state index contributed by atoms with van der Waals surface area (Å²) in [7, 11) is 3.31. The smallest absolute Gasteiger partial charge is 0.337 e. The average Bonchev–Trinajstić information content (AvgIpc) is 2.82. The molecule has 0 heterocycles. The Morgan fingerprint density at radius 3 is 1.65 bits per heavy atom. The molecular formula is C22H28IO7P. The van der Waals surface area contributed by atoms with E-state index in [1.165, 1.54) is 21.3 Å². The number of halogens is 1. The minimum absolute atomic E-state index is 0.333. The monoisotopic (exact) mass is 562 g/mol. The van der Waals surface area contributed by atoms with Crippen LogP contribution in [-0.4, -0.2) is 52.7 Å². The van der Waals surface area contributed by atoms with Crippen LogP contribution in [0.2, 0.25) is 0 Å². The average molecular weight is 562 g/mol. The summed E-state index contributed by atoms with van der Waals surface area (Å²) in [5.41, 5.74) is 0.933. The van der Waals surface area contributed by atoms with Crippen molar-refractivity contribution in [2.75, 3.05) is 40.8 Å². The number of hydrogen-bond donors (Lipinski definition) is 0. The Hall–Kier alpha value is -2.06. The summed E-state index contributed by atoms with van der Waals surface area (Å²) >= 11 is 2.10. The van der Waals surface area contributed by atoms with E-state index in [-0.39, 0.29) is 5.97 Å². The lowest BCUT2D eigenvalue weighted by atomic mass is 10.2. The second-order valence-corrected chi connectivity index (χ2v) is 10.9. The van der Waals surface area contributed by atoms with Crippen molar-refractivity contribution in [1.29, 1.82) is 0 Å². The topological polar surface area (TPSA) is 88.1 Å². The first-order valence-electron chi connectivity index (χ1n) is 9.48. The van der Waals surface area contributed by atoms with Crippen molar-refractivity contribution in [2.45, 2.75) is 13.8 Å². The number of methoxy groups -OCH3 is 4. The standard InChI is InChI=1S/C13H19O4P.C9H9IO3/c1-5-18(15,6-2)12-9-10(13(14)17-4)7-8-11(12)16-3;1-12-8-4-3-6(5-7(8)10)9(11)13-2/h7-9H,5-6H2,1-4H3;3-5H,1-2H3. The van der Waals surface area contributed by atoms with E-state index in [1.807, 2.05) is 13.8 Å². The highest BCUT2D eigenvalue weighted by atomic mass is 127. The van der Waals surface area contributed by atoms with Gasteiger partial charge in [0.15, 0.2) is 0 Å². The van der Waals surface area contributed by atoms with Gasteiger partial charge in [-0.2, -0.15) is 0 Å². The van der Waals surface area contributed by atoms with Crippen molar-refractivity contribution in [2.24, 2.45) is 0 Å². The number of benzene rings is 2. The number of carbonyl (C=O) groups excluding carboxylic acids is 2. The molecule has 0 N–H and O–H groups in total. The van der Waals surface area contributed by atoms with Gasteiger partial charge < -0.3 is 23.5 Å². The molecule has 0 aliphatic rings. The molecule has 0 saturated carbocycles. The molecule has 2 aromatic rings. The normalized spacial score (nSPS) is 10.4. The summed E-state index contributed by atoms with van der Waals surface area (Å²) in [6.45, 7) is 3.77. The Morgan fingerprint density at radius 1 is 0.806 bits per heavy atom. The Labute approximate surface area is 196 Å². The van der Waals surface area contributed by atoms with Crippen LogP contribution >= 0.6 is 29.7 Å². The van der Waals surface area contributed by atoms with E-state index >= 15 is 0 Å². The first-order chi connectivity index (χ1) is 14.7. The van der Waals surface area contributed by atoms with Crippen LogP contribution in [0.4, 0.5) is 0 Å². The van der Waals surface area contributed by atoms with Crippen molar-refractivity contribution >= 4 is 47.0 Å². The molecule has 0 atom stereocenters. The minimum atomic E-state index is -2.50. The van der Waals surface area contributed by atoms with Gasteiger partial charge >= 0.3 is 11.9 Å². The summed E-state index contributed by atoms with van der Waals surface area (Å²) < 4.78 is 33.2. The molecule has 170 valence electrons. The fourth-order valence-electron chi connectivity index (χ4n) is 2.73. The van der Waals surface area contributed by atoms with E-state index in [0.717, 1.165) is 9.32 Å². The molecule has 2 rings (SSSR count). The summed E-state index contributed by atoms with van der Waals surface area (Å²) in [6, 6.07) is 10.0. The molecule has 0 fully saturated rings. The van der Waals surface area contributed by atoms with Gasteiger partial charge in [-0.25, -0.2) is 9.59 Å². The largest absolute Gasteiger partial charge is 0.496 e. The fraction of sp³-hybridized carbons (Fsp3) is 0.364. The van der Waals surface area contributed by atoms with Crippen LogP contribution in [0.3, 0.4) is 0 Å². The predicted octanol–water partition coefficient (Wildman–Crippen LogP) is 4.60. The molecule has 2 aromatic carbocycles. The first-order valence-corrected chi connectivity index (χ1v) is 12.6. The summed E-state index contributed by atoms with van der Waals surface area (Å²) in [5.74, 6) is 0.557. The van der Waals surface area contributed by atoms with Gasteiger partial charge in [0.05, 0.1) is 48.4 Å². The molecule has 0 spiro atoms. The zero-order chi connectivity index (χ0) is 23.6. The highest BCUT2D eigenvalue weighted by Crippen LogP contribution is 2.46. The molecule has 0 aromatic heterocycles. The zero-order valence-corrected chi connectivity index (χ0v) is 21.6. The Bertz CT molecular complexity index is 951. The molecule has 31 heavy (non-hydrogen) atoms. The van der Waals surface area contributed by atoms with Crippen LogP contribution in [0, 0.1) is 3.57 Å². The maximum absolute atomic E-state index is 12.8. The van der Waals surface area contributed by atoms with Crippen molar-refractivity contribution in [3.8, 4) is 11.5 Å². The van der Waals surface area contributed by atoms with Gasteiger partial charge in [0, 0.05) is 12.3 Å². The third kappa shape index (κ3) is 6.97. The van der Waals surface area contributed by atoms with Crippen LogP contribution in [0.15, 0.2) is 36.4 Å². The van der Waals surface area contributed by atoms with Crippen LogP contribution in [0.5, 0.6) is 11.5 Å². The van der Waals surface area contributed by atoms with Crippen molar-refractivity contribution in [3.63, 3.8) is 0 Å². The van der Waals surface area contributed by atoms with E-state index in [0.29, 0.717) is 34.5 Å². The number of hydrogen-bond acceptors (Lipinski definition) is 7. The van der Waals surface area contributed by atoms with E-state index in [2.05, 4.69) is 32.1 Å². The number of carbonyl (C=O) groups is 2. The predicted molar refractivity (Wildman–Crippen MR) is 130 cm³/mol. The fourth-order valence-corrected chi connectivity index (χ4v) is 5.53. The lowest BCUT2D eigenvalue weighted by molar-refractivity contribution is 0.0592. The third-order valence-corrected chi connectivity index (χ3v) is 8.75. The van der Waals surface area contributed by atoms with E-state index in [1.54, 1.807) is 43.5 Å². The maximum Gasteiger partial charge on any atom is 0.337 e. The van der Waals surface area contributed by atoms with Crippen LogP contribution in [0.25, 0.3) is 0 Å². The number of rotatable bonds is 7. The van der Waals surface area contributed by atoms with Gasteiger partial charge in [0.25, 0.3) is 0 Å². The lowest BCUT2D eigenvalue weighted by Gasteiger charge is -2.18. The second kappa shape index (κ2) is 12.7. The van der Waals surface area contributed by atoms with Crippen LogP contribution in [0.1, 0.15) is 34.6 Å². The van der Waals surface area contributed by atoms with Gasteiger partial charge in [-0.1, -0.05) is 13.8 Å². The number of ether oxygens (including phenoxy) is 4. The maximum atomic E-state index is 12.8. The molecule has 0 amide bonds. The molecule has 7 nitrogen and oxygen atoms in total. The van der Waals surface area contributed by atoms with Crippen LogP contribution in [-0.2, 0) is 14.0 Å². The Kier molecular flexibility index (Phi) is 11.1. The molecule has 0 unspecified atom stereocenters. The highest BCUT2D eigenvalue weighted by molar-refractivity contribution is 14.1. The van der Waals surface area contributed by atoms with E-state index < -0.39 is 13.1 Å². The first kappa shape index (κ1) is 27.0. The highest BCUT2D eigenvalue weighted by Gasteiger charge is 2.25.